The van der Waals surface area contributed by atoms with Gasteiger partial charge in [0.1, 0.15) is 0 Å². The normalized spacial score (nSPS) is 11.3. The van der Waals surface area contributed by atoms with Crippen molar-refractivity contribution in [3.05, 3.63) is 58.7 Å². The van der Waals surface area contributed by atoms with Crippen molar-refractivity contribution in [2.24, 2.45) is 0 Å². The minimum atomic E-state index is -0.445. The lowest BCUT2D eigenvalue weighted by Gasteiger charge is -2.22. The van der Waals surface area contributed by atoms with Crippen LogP contribution in [0.5, 0.6) is 11.5 Å². The third-order valence-corrected chi connectivity index (χ3v) is 4.49. The molecule has 0 aliphatic carbocycles. The smallest absolute Gasteiger partial charge is 0.308 e. The van der Waals surface area contributed by atoms with Crippen molar-refractivity contribution >= 4 is 11.9 Å². The zero-order valence-electron chi connectivity index (χ0n) is 20.1. The summed E-state index contributed by atoms with van der Waals surface area (Å²) in [5.74, 6) is -0.304. The van der Waals surface area contributed by atoms with Crippen LogP contribution in [0.4, 0.5) is 0 Å². The van der Waals surface area contributed by atoms with Crippen molar-refractivity contribution in [3.8, 4) is 11.5 Å². The highest BCUT2D eigenvalue weighted by Crippen LogP contribution is 2.37. The molecule has 0 unspecified atom stereocenters. The van der Waals surface area contributed by atoms with Crippen molar-refractivity contribution in [3.63, 3.8) is 0 Å². The number of esters is 2. The van der Waals surface area contributed by atoms with E-state index in [9.17, 15) is 9.59 Å². The van der Waals surface area contributed by atoms with Gasteiger partial charge in [-0.3, -0.25) is 9.59 Å². The van der Waals surface area contributed by atoms with Gasteiger partial charge in [0.15, 0.2) is 11.5 Å². The van der Waals surface area contributed by atoms with Gasteiger partial charge in [-0.05, 0) is 47.4 Å². The van der Waals surface area contributed by atoms with Crippen LogP contribution >= 0.6 is 0 Å². The molecule has 4 nitrogen and oxygen atoms in total. The minimum absolute atomic E-state index is 0.0889. The molecule has 0 amide bonds. The summed E-state index contributed by atoms with van der Waals surface area (Å²) in [5.41, 5.74) is 4.73. The van der Waals surface area contributed by atoms with Crippen molar-refractivity contribution in [2.75, 3.05) is 0 Å². The fourth-order valence-corrected chi connectivity index (χ4v) is 2.79. The molecular weight excluding hydrogens is 376 g/mol. The summed E-state index contributed by atoms with van der Waals surface area (Å²) in [4.78, 5) is 22.3. The first kappa shape index (κ1) is 25.4. The number of carbonyl (C=O) groups is 2. The maximum atomic E-state index is 11.2. The van der Waals surface area contributed by atoms with Gasteiger partial charge in [-0.1, -0.05) is 77.4 Å². The van der Waals surface area contributed by atoms with Gasteiger partial charge >= 0.3 is 11.9 Å². The van der Waals surface area contributed by atoms with Crippen LogP contribution in [-0.4, -0.2) is 11.9 Å². The molecule has 0 aliphatic rings. The average molecular weight is 413 g/mol. The summed E-state index contributed by atoms with van der Waals surface area (Å²) in [6.45, 7) is 19.5. The number of hydrogen-bond donors (Lipinski definition) is 0. The fraction of sp³-hybridized carbons (Fsp3) is 0.462. The first-order chi connectivity index (χ1) is 13.6. The van der Waals surface area contributed by atoms with Crippen LogP contribution in [0.3, 0.4) is 0 Å². The van der Waals surface area contributed by atoms with E-state index in [1.807, 2.05) is 13.0 Å². The van der Waals surface area contributed by atoms with E-state index in [0.29, 0.717) is 5.75 Å². The molecule has 0 heterocycles. The Morgan fingerprint density at radius 3 is 1.67 bits per heavy atom. The molecule has 0 saturated carbocycles. The van der Waals surface area contributed by atoms with E-state index in [0.717, 1.165) is 11.1 Å². The second-order valence-electron chi connectivity index (χ2n) is 9.68. The van der Waals surface area contributed by atoms with Gasteiger partial charge in [0.05, 0.1) is 0 Å². The van der Waals surface area contributed by atoms with Crippen LogP contribution in [0.25, 0.3) is 0 Å². The molecule has 0 N–H and O–H groups in total. The standard InChI is InChI=1S/C15H20O4.C11H16/c1-9-7-12(15(4,5)6)8-13(18-10(2)16)14(9)19-11(3)17;1-9-6-5-7-10(8-9)11(2,3)4/h7-8H,1-6H3;5-8H,1-4H3. The molecule has 30 heavy (non-hydrogen) atoms. The molecular formula is C26H36O4. The molecule has 0 radical (unpaired) electrons. The van der Waals surface area contributed by atoms with E-state index in [1.165, 1.54) is 25.0 Å². The van der Waals surface area contributed by atoms with Gasteiger partial charge < -0.3 is 9.47 Å². The fourth-order valence-electron chi connectivity index (χ4n) is 2.79. The highest BCUT2D eigenvalue weighted by Gasteiger charge is 2.21. The number of carbonyl (C=O) groups excluding carboxylic acids is 2. The van der Waals surface area contributed by atoms with Gasteiger partial charge in [-0.25, -0.2) is 0 Å². The number of rotatable bonds is 2. The third kappa shape index (κ3) is 8.02. The van der Waals surface area contributed by atoms with Gasteiger partial charge in [-0.2, -0.15) is 0 Å². The zero-order chi connectivity index (χ0) is 23.3. The molecule has 164 valence electrons. The maximum Gasteiger partial charge on any atom is 0.308 e. The van der Waals surface area contributed by atoms with Crippen molar-refractivity contribution < 1.29 is 19.1 Å². The Morgan fingerprint density at radius 1 is 0.733 bits per heavy atom. The summed E-state index contributed by atoms with van der Waals surface area (Å²) in [6.07, 6.45) is 0. The summed E-state index contributed by atoms with van der Waals surface area (Å²) in [7, 11) is 0. The number of aryl methyl sites for hydroxylation is 2. The first-order valence-corrected chi connectivity index (χ1v) is 10.2. The van der Waals surface area contributed by atoms with Crippen LogP contribution in [0, 0.1) is 13.8 Å². The monoisotopic (exact) mass is 412 g/mol. The van der Waals surface area contributed by atoms with E-state index in [1.54, 1.807) is 6.07 Å². The highest BCUT2D eigenvalue weighted by atomic mass is 16.6. The Kier molecular flexibility index (Phi) is 8.41. The van der Waals surface area contributed by atoms with Gasteiger partial charge in [0, 0.05) is 13.8 Å². The van der Waals surface area contributed by atoms with Crippen molar-refractivity contribution in [1.82, 2.24) is 0 Å². The molecule has 0 spiro atoms. The van der Waals surface area contributed by atoms with Crippen LogP contribution in [-0.2, 0) is 20.4 Å². The van der Waals surface area contributed by atoms with E-state index >= 15 is 0 Å². The molecule has 2 aromatic carbocycles. The van der Waals surface area contributed by atoms with Gasteiger partial charge in [0.2, 0.25) is 0 Å². The summed E-state index contributed by atoms with van der Waals surface area (Å²) in [6, 6.07) is 12.4. The topological polar surface area (TPSA) is 52.6 Å². The lowest BCUT2D eigenvalue weighted by molar-refractivity contribution is -0.134. The number of hydrogen-bond acceptors (Lipinski definition) is 4. The van der Waals surface area contributed by atoms with Crippen LogP contribution in [0.15, 0.2) is 36.4 Å². The Balaban J connectivity index is 0.000000346. The van der Waals surface area contributed by atoms with Crippen LogP contribution in [0.1, 0.15) is 77.6 Å². The molecule has 0 saturated heterocycles. The first-order valence-electron chi connectivity index (χ1n) is 10.2. The lowest BCUT2D eigenvalue weighted by atomic mass is 9.86. The SMILES string of the molecule is CC(=O)Oc1cc(C(C)(C)C)cc(C)c1OC(C)=O.Cc1cccc(C(C)(C)C)c1. The van der Waals surface area contributed by atoms with Crippen LogP contribution in [0.2, 0.25) is 0 Å². The van der Waals surface area contributed by atoms with E-state index in [4.69, 9.17) is 9.47 Å². The number of benzene rings is 2. The molecule has 0 aromatic heterocycles. The predicted octanol–water partition coefficient (Wildman–Crippen LogP) is 6.44. The lowest BCUT2D eigenvalue weighted by Crippen LogP contribution is -2.14. The van der Waals surface area contributed by atoms with E-state index in [2.05, 4.69) is 72.7 Å². The summed E-state index contributed by atoms with van der Waals surface area (Å²) >= 11 is 0. The molecule has 0 atom stereocenters. The summed E-state index contributed by atoms with van der Waals surface area (Å²) < 4.78 is 10.3. The van der Waals surface area contributed by atoms with Gasteiger partial charge in [-0.15, -0.1) is 0 Å². The van der Waals surface area contributed by atoms with E-state index < -0.39 is 11.9 Å². The molecule has 0 aliphatic heterocycles. The summed E-state index contributed by atoms with van der Waals surface area (Å²) in [5, 5.41) is 0. The van der Waals surface area contributed by atoms with E-state index in [-0.39, 0.29) is 16.6 Å². The maximum absolute atomic E-state index is 11.2. The quantitative estimate of drug-likeness (QED) is 0.421. The second kappa shape index (κ2) is 9.92. The molecule has 2 rings (SSSR count). The second-order valence-corrected chi connectivity index (χ2v) is 9.68. The Bertz CT molecular complexity index is 896. The molecule has 0 fully saturated rings. The zero-order valence-corrected chi connectivity index (χ0v) is 20.1. The highest BCUT2D eigenvalue weighted by molar-refractivity contribution is 5.74. The predicted molar refractivity (Wildman–Crippen MR) is 122 cm³/mol. The van der Waals surface area contributed by atoms with Crippen molar-refractivity contribution in [2.45, 2.75) is 80.1 Å². The van der Waals surface area contributed by atoms with Crippen LogP contribution < -0.4 is 9.47 Å². The minimum Gasteiger partial charge on any atom is -0.423 e. The molecule has 4 heteroatoms. The Morgan fingerprint density at radius 2 is 1.27 bits per heavy atom. The Hall–Kier alpha value is -2.62. The molecule has 0 bridgehead atoms. The average Bonchev–Trinajstić information content (AvgIpc) is 2.56. The molecule has 2 aromatic rings. The Labute approximate surface area is 181 Å². The number of ether oxygens (including phenoxy) is 2. The van der Waals surface area contributed by atoms with Crippen molar-refractivity contribution in [1.29, 1.82) is 0 Å². The van der Waals surface area contributed by atoms with Gasteiger partial charge in [0.25, 0.3) is 0 Å². The largest absolute Gasteiger partial charge is 0.423 e. The third-order valence-electron chi connectivity index (χ3n) is 4.49.